The largest absolute Gasteiger partial charge is 0.380 e. The zero-order chi connectivity index (χ0) is 19.2. The Morgan fingerprint density at radius 2 is 1.14 bits per heavy atom. The number of aryl methyl sites for hydroxylation is 1. The van der Waals surface area contributed by atoms with E-state index in [2.05, 4.69) is 121 Å². The second-order valence-corrected chi connectivity index (χ2v) is 8.97. The van der Waals surface area contributed by atoms with Gasteiger partial charge in [0.05, 0.1) is 0 Å². The molecule has 0 radical (unpaired) electrons. The lowest BCUT2D eigenvalue weighted by Gasteiger charge is -2.25. The molecule has 4 aromatic carbocycles. The Kier molecular flexibility index (Phi) is 5.85. The molecule has 138 valence electrons. The fraction of sp³-hybridized carbons (Fsp3) is 0.0769. The summed E-state index contributed by atoms with van der Waals surface area (Å²) in [5, 5.41) is 7.87. The maximum atomic E-state index is 3.71. The molecule has 0 fully saturated rings. The molecule has 0 unspecified atom stereocenters. The van der Waals surface area contributed by atoms with E-state index in [4.69, 9.17) is 0 Å². The van der Waals surface area contributed by atoms with Crippen molar-refractivity contribution < 1.29 is 0 Å². The quantitative estimate of drug-likeness (QED) is 0.443. The fourth-order valence-corrected chi connectivity index (χ4v) is 6.03. The van der Waals surface area contributed by atoms with Crippen LogP contribution in [0.15, 0.2) is 109 Å². The molecule has 0 amide bonds. The summed E-state index contributed by atoms with van der Waals surface area (Å²) >= 11 is 0. The lowest BCUT2D eigenvalue weighted by Crippen LogP contribution is -2.25. The van der Waals surface area contributed by atoms with Crippen LogP contribution in [0.4, 0.5) is 5.69 Å². The first kappa shape index (κ1) is 18.5. The van der Waals surface area contributed by atoms with Crippen LogP contribution >= 0.6 is 7.92 Å². The average Bonchev–Trinajstić information content (AvgIpc) is 2.76. The standard InChI is InChI=1S/C26H24NP/c1-21-12-11-19-25(27-20-22-13-5-2-6-14-22)26(21)28(23-15-7-3-8-16-23)24-17-9-4-10-18-24/h2-19,27H,20H2,1H3. The Hall–Kier alpha value is -2.89. The number of rotatable bonds is 6. The van der Waals surface area contributed by atoms with E-state index in [1.54, 1.807) is 0 Å². The van der Waals surface area contributed by atoms with E-state index >= 15 is 0 Å². The van der Waals surface area contributed by atoms with E-state index in [-0.39, 0.29) is 0 Å². The maximum Gasteiger partial charge on any atom is 0.0430 e. The first-order valence-electron chi connectivity index (χ1n) is 9.60. The molecule has 1 N–H and O–H groups in total. The van der Waals surface area contributed by atoms with Crippen molar-refractivity contribution in [3.63, 3.8) is 0 Å². The monoisotopic (exact) mass is 381 g/mol. The molecular formula is C26H24NP. The van der Waals surface area contributed by atoms with Crippen molar-refractivity contribution >= 4 is 29.5 Å². The third-order valence-corrected chi connectivity index (χ3v) is 7.49. The summed E-state index contributed by atoms with van der Waals surface area (Å²) in [5.74, 6) is 0. The van der Waals surface area contributed by atoms with Gasteiger partial charge in [0.15, 0.2) is 0 Å². The number of hydrogen-bond donors (Lipinski definition) is 1. The Morgan fingerprint density at radius 1 is 0.607 bits per heavy atom. The lowest BCUT2D eigenvalue weighted by atomic mass is 10.2. The normalized spacial score (nSPS) is 10.8. The lowest BCUT2D eigenvalue weighted by molar-refractivity contribution is 1.15. The topological polar surface area (TPSA) is 12.0 Å². The first-order valence-corrected chi connectivity index (χ1v) is 10.9. The molecule has 0 heterocycles. The molecule has 2 heteroatoms. The van der Waals surface area contributed by atoms with Crippen molar-refractivity contribution in [3.05, 3.63) is 120 Å². The van der Waals surface area contributed by atoms with Crippen molar-refractivity contribution in [2.45, 2.75) is 13.5 Å². The summed E-state index contributed by atoms with van der Waals surface area (Å²) in [4.78, 5) is 0. The van der Waals surface area contributed by atoms with Gasteiger partial charge in [0, 0.05) is 17.5 Å². The van der Waals surface area contributed by atoms with Gasteiger partial charge in [-0.25, -0.2) is 0 Å². The number of anilines is 1. The summed E-state index contributed by atoms with van der Waals surface area (Å²) in [7, 11) is -0.631. The molecule has 28 heavy (non-hydrogen) atoms. The van der Waals surface area contributed by atoms with E-state index in [0.717, 1.165) is 6.54 Å². The van der Waals surface area contributed by atoms with Crippen LogP contribution in [0.5, 0.6) is 0 Å². The van der Waals surface area contributed by atoms with Gasteiger partial charge in [-0.3, -0.25) is 0 Å². The van der Waals surface area contributed by atoms with Crippen LogP contribution in [-0.2, 0) is 6.54 Å². The fourth-order valence-electron chi connectivity index (χ4n) is 3.45. The van der Waals surface area contributed by atoms with Crippen molar-refractivity contribution in [3.8, 4) is 0 Å². The maximum absolute atomic E-state index is 3.71. The summed E-state index contributed by atoms with van der Waals surface area (Å²) in [6, 6.07) is 38.9. The van der Waals surface area contributed by atoms with Gasteiger partial charge in [0.25, 0.3) is 0 Å². The van der Waals surface area contributed by atoms with Crippen LogP contribution in [0.3, 0.4) is 0 Å². The third-order valence-electron chi connectivity index (χ3n) is 4.82. The summed E-state index contributed by atoms with van der Waals surface area (Å²) < 4.78 is 0. The number of nitrogens with one attached hydrogen (secondary N) is 1. The SMILES string of the molecule is Cc1cccc(NCc2ccccc2)c1P(c1ccccc1)c1ccccc1. The van der Waals surface area contributed by atoms with Gasteiger partial charge in [-0.15, -0.1) is 0 Å². The summed E-state index contributed by atoms with van der Waals surface area (Å²) in [6.07, 6.45) is 0. The van der Waals surface area contributed by atoms with Crippen molar-refractivity contribution in [1.29, 1.82) is 0 Å². The van der Waals surface area contributed by atoms with Crippen molar-refractivity contribution in [2.24, 2.45) is 0 Å². The Bertz CT molecular complexity index is 974. The molecular weight excluding hydrogens is 357 g/mol. The van der Waals surface area contributed by atoms with Gasteiger partial charge in [-0.2, -0.15) is 0 Å². The summed E-state index contributed by atoms with van der Waals surface area (Å²) in [6.45, 7) is 3.05. The molecule has 1 nitrogen and oxygen atoms in total. The Balaban J connectivity index is 1.78. The average molecular weight is 381 g/mol. The molecule has 0 aliphatic rings. The van der Waals surface area contributed by atoms with Crippen LogP contribution in [0.25, 0.3) is 0 Å². The molecule has 4 rings (SSSR count). The highest BCUT2D eigenvalue weighted by atomic mass is 31.1. The highest BCUT2D eigenvalue weighted by Gasteiger charge is 2.21. The Morgan fingerprint density at radius 3 is 1.71 bits per heavy atom. The summed E-state index contributed by atoms with van der Waals surface area (Å²) in [5.41, 5.74) is 3.85. The van der Waals surface area contributed by atoms with Gasteiger partial charge in [0.2, 0.25) is 0 Å². The van der Waals surface area contributed by atoms with Crippen LogP contribution in [0, 0.1) is 6.92 Å². The Labute approximate surface area is 168 Å². The molecule has 4 aromatic rings. The molecule has 0 atom stereocenters. The van der Waals surface area contributed by atoms with Gasteiger partial charge in [-0.05, 0) is 42.6 Å². The van der Waals surface area contributed by atoms with Gasteiger partial charge >= 0.3 is 0 Å². The zero-order valence-electron chi connectivity index (χ0n) is 16.0. The van der Waals surface area contributed by atoms with Gasteiger partial charge in [-0.1, -0.05) is 103 Å². The van der Waals surface area contributed by atoms with E-state index in [1.807, 2.05) is 0 Å². The van der Waals surface area contributed by atoms with E-state index in [9.17, 15) is 0 Å². The van der Waals surface area contributed by atoms with Gasteiger partial charge in [0.1, 0.15) is 0 Å². The molecule has 0 saturated heterocycles. The minimum Gasteiger partial charge on any atom is -0.380 e. The molecule has 0 aromatic heterocycles. The highest BCUT2D eigenvalue weighted by molar-refractivity contribution is 7.80. The second-order valence-electron chi connectivity index (χ2n) is 6.82. The van der Waals surface area contributed by atoms with Crippen LogP contribution in [0.1, 0.15) is 11.1 Å². The first-order chi connectivity index (χ1) is 13.8. The second kappa shape index (κ2) is 8.87. The van der Waals surface area contributed by atoms with Crippen molar-refractivity contribution in [2.75, 3.05) is 5.32 Å². The molecule has 0 aliphatic heterocycles. The van der Waals surface area contributed by atoms with Gasteiger partial charge < -0.3 is 5.32 Å². The number of benzene rings is 4. The predicted molar refractivity (Wildman–Crippen MR) is 124 cm³/mol. The molecule has 0 aliphatic carbocycles. The molecule has 0 spiro atoms. The minimum absolute atomic E-state index is 0.631. The smallest absolute Gasteiger partial charge is 0.0430 e. The van der Waals surface area contributed by atoms with Crippen LogP contribution < -0.4 is 21.2 Å². The number of hydrogen-bond acceptors (Lipinski definition) is 1. The predicted octanol–water partition coefficient (Wildman–Crippen LogP) is 5.37. The van der Waals surface area contributed by atoms with Crippen LogP contribution in [0.2, 0.25) is 0 Å². The molecule has 0 bridgehead atoms. The zero-order valence-corrected chi connectivity index (χ0v) is 16.9. The van der Waals surface area contributed by atoms with E-state index in [1.165, 1.54) is 32.7 Å². The minimum atomic E-state index is -0.631. The highest BCUT2D eigenvalue weighted by Crippen LogP contribution is 2.37. The van der Waals surface area contributed by atoms with E-state index < -0.39 is 7.92 Å². The van der Waals surface area contributed by atoms with E-state index in [0.29, 0.717) is 0 Å². The van der Waals surface area contributed by atoms with Crippen LogP contribution in [-0.4, -0.2) is 0 Å². The molecule has 0 saturated carbocycles. The van der Waals surface area contributed by atoms with Crippen molar-refractivity contribution in [1.82, 2.24) is 0 Å². The third kappa shape index (κ3) is 4.16.